The third kappa shape index (κ3) is 3.39. The number of benzene rings is 1. The van der Waals surface area contributed by atoms with Gasteiger partial charge in [-0.2, -0.15) is 0 Å². The van der Waals surface area contributed by atoms with Crippen molar-refractivity contribution in [3.63, 3.8) is 0 Å². The SMILES string of the molecule is Cc1ccc(SCC(=O)c2cnccn2)cc1. The molecule has 0 aliphatic carbocycles. The number of carbonyl (C=O) groups excluding carboxylic acids is 1. The summed E-state index contributed by atoms with van der Waals surface area (Å²) in [4.78, 5) is 20.7. The first-order chi connectivity index (χ1) is 8.25. The highest BCUT2D eigenvalue weighted by atomic mass is 32.2. The van der Waals surface area contributed by atoms with Crippen molar-refractivity contribution < 1.29 is 4.79 Å². The van der Waals surface area contributed by atoms with Gasteiger partial charge in [-0.3, -0.25) is 9.78 Å². The van der Waals surface area contributed by atoms with Crippen molar-refractivity contribution >= 4 is 17.5 Å². The summed E-state index contributed by atoms with van der Waals surface area (Å²) in [6, 6.07) is 8.11. The Labute approximate surface area is 104 Å². The molecular weight excluding hydrogens is 232 g/mol. The number of hydrogen-bond donors (Lipinski definition) is 0. The third-order valence-corrected chi connectivity index (χ3v) is 3.25. The van der Waals surface area contributed by atoms with E-state index in [-0.39, 0.29) is 5.78 Å². The van der Waals surface area contributed by atoms with E-state index in [2.05, 4.69) is 9.97 Å². The summed E-state index contributed by atoms with van der Waals surface area (Å²) in [6.45, 7) is 2.04. The molecule has 0 aliphatic heterocycles. The molecule has 17 heavy (non-hydrogen) atoms. The van der Waals surface area contributed by atoms with Gasteiger partial charge in [0.2, 0.25) is 0 Å². The first-order valence-corrected chi connectivity index (χ1v) is 6.23. The van der Waals surface area contributed by atoms with E-state index >= 15 is 0 Å². The number of thioether (sulfide) groups is 1. The van der Waals surface area contributed by atoms with E-state index in [1.165, 1.54) is 29.7 Å². The average molecular weight is 244 g/mol. The van der Waals surface area contributed by atoms with Gasteiger partial charge in [-0.15, -0.1) is 11.8 Å². The van der Waals surface area contributed by atoms with Crippen LogP contribution in [0.3, 0.4) is 0 Å². The van der Waals surface area contributed by atoms with E-state index in [0.717, 1.165) is 4.90 Å². The minimum atomic E-state index is 0.00340. The highest BCUT2D eigenvalue weighted by Crippen LogP contribution is 2.19. The zero-order valence-corrected chi connectivity index (χ0v) is 10.3. The maximum absolute atomic E-state index is 11.8. The molecular formula is C13H12N2OS. The van der Waals surface area contributed by atoms with E-state index in [9.17, 15) is 4.79 Å². The van der Waals surface area contributed by atoms with E-state index in [1.54, 1.807) is 6.20 Å². The fraction of sp³-hybridized carbons (Fsp3) is 0.154. The van der Waals surface area contributed by atoms with Gasteiger partial charge in [0.15, 0.2) is 5.78 Å². The Balaban J connectivity index is 1.95. The molecule has 2 aromatic rings. The zero-order chi connectivity index (χ0) is 12.1. The predicted octanol–water partition coefficient (Wildman–Crippen LogP) is 2.76. The highest BCUT2D eigenvalue weighted by Gasteiger charge is 2.07. The Morgan fingerprint density at radius 2 is 2.00 bits per heavy atom. The Bertz CT molecular complexity index is 497. The normalized spacial score (nSPS) is 10.2. The van der Waals surface area contributed by atoms with E-state index in [0.29, 0.717) is 11.4 Å². The van der Waals surface area contributed by atoms with Crippen molar-refractivity contribution in [2.24, 2.45) is 0 Å². The Kier molecular flexibility index (Phi) is 3.88. The minimum absolute atomic E-state index is 0.00340. The summed E-state index contributed by atoms with van der Waals surface area (Å²) in [5.41, 5.74) is 1.64. The van der Waals surface area contributed by atoms with Gasteiger partial charge in [-0.05, 0) is 19.1 Å². The maximum atomic E-state index is 11.8. The van der Waals surface area contributed by atoms with Gasteiger partial charge in [-0.1, -0.05) is 17.7 Å². The fourth-order valence-corrected chi connectivity index (χ4v) is 2.07. The number of hydrogen-bond acceptors (Lipinski definition) is 4. The lowest BCUT2D eigenvalue weighted by atomic mass is 10.2. The molecule has 0 radical (unpaired) electrons. The van der Waals surface area contributed by atoms with Crippen molar-refractivity contribution in [2.45, 2.75) is 11.8 Å². The average Bonchev–Trinajstić information content (AvgIpc) is 2.39. The number of aromatic nitrogens is 2. The molecule has 0 unspecified atom stereocenters. The van der Waals surface area contributed by atoms with E-state index < -0.39 is 0 Å². The molecule has 0 saturated heterocycles. The zero-order valence-electron chi connectivity index (χ0n) is 9.46. The molecule has 1 heterocycles. The second-order valence-corrected chi connectivity index (χ2v) is 4.66. The number of carbonyl (C=O) groups is 1. The van der Waals surface area contributed by atoms with Crippen molar-refractivity contribution in [3.05, 3.63) is 54.1 Å². The van der Waals surface area contributed by atoms with Gasteiger partial charge >= 0.3 is 0 Å². The van der Waals surface area contributed by atoms with Gasteiger partial charge in [0.05, 0.1) is 11.9 Å². The Morgan fingerprint density at radius 1 is 1.24 bits per heavy atom. The van der Waals surface area contributed by atoms with Crippen LogP contribution in [0.4, 0.5) is 0 Å². The molecule has 1 aromatic carbocycles. The van der Waals surface area contributed by atoms with Crippen LogP contribution in [0.25, 0.3) is 0 Å². The van der Waals surface area contributed by atoms with Gasteiger partial charge in [0.1, 0.15) is 5.69 Å². The summed E-state index contributed by atoms with van der Waals surface area (Å²) in [5.74, 6) is 0.394. The van der Waals surface area contributed by atoms with Crippen molar-refractivity contribution in [1.82, 2.24) is 9.97 Å². The summed E-state index contributed by atoms with van der Waals surface area (Å²) >= 11 is 1.51. The van der Waals surface area contributed by atoms with Crippen LogP contribution >= 0.6 is 11.8 Å². The Hall–Kier alpha value is -1.68. The molecule has 0 aliphatic rings. The Morgan fingerprint density at radius 3 is 2.65 bits per heavy atom. The molecule has 0 bridgehead atoms. The molecule has 2 rings (SSSR count). The number of ketones is 1. The van der Waals surface area contributed by atoms with Crippen LogP contribution in [0, 0.1) is 6.92 Å². The van der Waals surface area contributed by atoms with Gasteiger partial charge in [0, 0.05) is 17.3 Å². The van der Waals surface area contributed by atoms with Crippen LogP contribution < -0.4 is 0 Å². The first-order valence-electron chi connectivity index (χ1n) is 5.24. The van der Waals surface area contributed by atoms with Crippen LogP contribution in [-0.4, -0.2) is 21.5 Å². The van der Waals surface area contributed by atoms with Crippen molar-refractivity contribution in [2.75, 3.05) is 5.75 Å². The largest absolute Gasteiger partial charge is 0.291 e. The lowest BCUT2D eigenvalue weighted by Crippen LogP contribution is -2.05. The molecule has 4 heteroatoms. The smallest absolute Gasteiger partial charge is 0.192 e. The molecule has 0 atom stereocenters. The van der Waals surface area contributed by atoms with E-state index in [4.69, 9.17) is 0 Å². The van der Waals surface area contributed by atoms with Crippen LogP contribution in [-0.2, 0) is 0 Å². The molecule has 86 valence electrons. The summed E-state index contributed by atoms with van der Waals surface area (Å²) in [5, 5.41) is 0. The molecule has 0 spiro atoms. The quantitative estimate of drug-likeness (QED) is 0.612. The lowest BCUT2D eigenvalue weighted by molar-refractivity contribution is 0.101. The van der Waals surface area contributed by atoms with Gasteiger partial charge < -0.3 is 0 Å². The summed E-state index contributed by atoms with van der Waals surface area (Å²) < 4.78 is 0. The molecule has 0 N–H and O–H groups in total. The molecule has 0 saturated carbocycles. The first kappa shape index (κ1) is 11.8. The molecule has 0 amide bonds. The van der Waals surface area contributed by atoms with Gasteiger partial charge in [0.25, 0.3) is 0 Å². The number of Topliss-reactive ketones (excluding diaryl/α,β-unsaturated/α-hetero) is 1. The number of nitrogens with zero attached hydrogens (tertiary/aromatic N) is 2. The molecule has 0 fully saturated rings. The topological polar surface area (TPSA) is 42.9 Å². The van der Waals surface area contributed by atoms with Gasteiger partial charge in [-0.25, -0.2) is 4.98 Å². The maximum Gasteiger partial charge on any atom is 0.192 e. The van der Waals surface area contributed by atoms with Crippen molar-refractivity contribution in [3.8, 4) is 0 Å². The number of aryl methyl sites for hydroxylation is 1. The van der Waals surface area contributed by atoms with Crippen molar-refractivity contribution in [1.29, 1.82) is 0 Å². The lowest BCUT2D eigenvalue weighted by Gasteiger charge is -2.01. The van der Waals surface area contributed by atoms with Crippen LogP contribution in [0.5, 0.6) is 0 Å². The second kappa shape index (κ2) is 5.59. The monoisotopic (exact) mass is 244 g/mol. The molecule has 3 nitrogen and oxygen atoms in total. The molecule has 1 aromatic heterocycles. The fourth-order valence-electron chi connectivity index (χ4n) is 1.30. The second-order valence-electron chi connectivity index (χ2n) is 3.62. The van der Waals surface area contributed by atoms with Crippen LogP contribution in [0.2, 0.25) is 0 Å². The summed E-state index contributed by atoms with van der Waals surface area (Å²) in [7, 11) is 0. The number of rotatable bonds is 4. The predicted molar refractivity (Wildman–Crippen MR) is 68.3 cm³/mol. The van der Waals surface area contributed by atoms with Crippen LogP contribution in [0.15, 0.2) is 47.8 Å². The standard InChI is InChI=1S/C13H12N2OS/c1-10-2-4-11(5-3-10)17-9-13(16)12-8-14-6-7-15-12/h2-8H,9H2,1H3. The minimum Gasteiger partial charge on any atom is -0.291 e. The highest BCUT2D eigenvalue weighted by molar-refractivity contribution is 8.00. The summed E-state index contributed by atoms with van der Waals surface area (Å²) in [6.07, 6.45) is 4.59. The van der Waals surface area contributed by atoms with E-state index in [1.807, 2.05) is 31.2 Å². The third-order valence-electron chi connectivity index (χ3n) is 2.24. The van der Waals surface area contributed by atoms with Crippen LogP contribution in [0.1, 0.15) is 16.1 Å².